The molecule has 2 fully saturated rings. The summed E-state index contributed by atoms with van der Waals surface area (Å²) >= 11 is 0. The third-order valence-corrected chi connectivity index (χ3v) is 7.94. The van der Waals surface area contributed by atoms with Gasteiger partial charge in [-0.3, -0.25) is 14.5 Å². The number of aliphatic hydroxyl groups is 1. The molecular formula is C35H40N2O7. The fourth-order valence-electron chi connectivity index (χ4n) is 5.71. The van der Waals surface area contributed by atoms with Crippen molar-refractivity contribution in [2.45, 2.75) is 32.9 Å². The summed E-state index contributed by atoms with van der Waals surface area (Å²) < 4.78 is 22.7. The summed E-state index contributed by atoms with van der Waals surface area (Å²) in [4.78, 5) is 30.8. The molecule has 1 unspecified atom stereocenters. The normalized spacial score (nSPS) is 18.4. The first kappa shape index (κ1) is 31.1. The van der Waals surface area contributed by atoms with Crippen molar-refractivity contribution in [1.82, 2.24) is 9.80 Å². The molecule has 2 saturated heterocycles. The van der Waals surface area contributed by atoms with E-state index in [0.717, 1.165) is 30.8 Å². The lowest BCUT2D eigenvalue weighted by Crippen LogP contribution is -2.39. The lowest BCUT2D eigenvalue weighted by atomic mass is 9.95. The van der Waals surface area contributed by atoms with Gasteiger partial charge in [0.05, 0.1) is 38.5 Å². The van der Waals surface area contributed by atoms with E-state index in [1.165, 1.54) is 0 Å². The van der Waals surface area contributed by atoms with E-state index in [-0.39, 0.29) is 11.3 Å². The number of methoxy groups -OCH3 is 1. The number of hydrogen-bond acceptors (Lipinski definition) is 8. The molecule has 232 valence electrons. The zero-order chi connectivity index (χ0) is 31.1. The lowest BCUT2D eigenvalue weighted by Gasteiger charge is -2.29. The van der Waals surface area contributed by atoms with Crippen LogP contribution in [0.4, 0.5) is 0 Å². The molecule has 2 aliphatic rings. The van der Waals surface area contributed by atoms with E-state index in [1.54, 1.807) is 48.4 Å². The van der Waals surface area contributed by atoms with E-state index >= 15 is 0 Å². The van der Waals surface area contributed by atoms with Crippen LogP contribution in [-0.4, -0.2) is 79.7 Å². The molecule has 2 heterocycles. The van der Waals surface area contributed by atoms with Crippen molar-refractivity contribution in [3.63, 3.8) is 0 Å². The Labute approximate surface area is 258 Å². The van der Waals surface area contributed by atoms with Crippen LogP contribution in [0.15, 0.2) is 72.3 Å². The fourth-order valence-corrected chi connectivity index (χ4v) is 5.71. The second kappa shape index (κ2) is 14.4. The number of carbonyl (C=O) groups excluding carboxylic acids is 2. The Bertz CT molecular complexity index is 1500. The monoisotopic (exact) mass is 600 g/mol. The first-order valence-corrected chi connectivity index (χ1v) is 15.1. The minimum atomic E-state index is -0.790. The number of hydrogen-bond donors (Lipinski definition) is 1. The van der Waals surface area contributed by atoms with E-state index in [9.17, 15) is 14.7 Å². The van der Waals surface area contributed by atoms with Gasteiger partial charge in [0.25, 0.3) is 11.7 Å². The molecule has 0 radical (unpaired) electrons. The molecule has 3 aromatic rings. The number of rotatable bonds is 12. The van der Waals surface area contributed by atoms with Crippen LogP contribution in [0.5, 0.6) is 17.2 Å². The minimum Gasteiger partial charge on any atom is -0.507 e. The molecular weight excluding hydrogens is 560 g/mol. The molecule has 0 bridgehead atoms. The van der Waals surface area contributed by atoms with Gasteiger partial charge in [-0.25, -0.2) is 0 Å². The largest absolute Gasteiger partial charge is 0.507 e. The first-order valence-electron chi connectivity index (χ1n) is 15.1. The number of carbonyl (C=O) groups is 2. The SMILES string of the molecule is CCOc1ccc(C2/C(=C(\O)c3ccc(OCc4cccc(C)c4)cc3)C(=O)C(=O)N2CCCN2CCOCC2)cc1OC. The molecule has 0 saturated carbocycles. The molecule has 9 nitrogen and oxygen atoms in total. The fraction of sp³-hybridized carbons (Fsp3) is 0.371. The van der Waals surface area contributed by atoms with E-state index in [4.69, 9.17) is 18.9 Å². The number of likely N-dealkylation sites (tertiary alicyclic amines) is 1. The van der Waals surface area contributed by atoms with Crippen molar-refractivity contribution in [2.75, 3.05) is 53.1 Å². The highest BCUT2D eigenvalue weighted by molar-refractivity contribution is 6.46. The highest BCUT2D eigenvalue weighted by atomic mass is 16.5. The summed E-state index contributed by atoms with van der Waals surface area (Å²) in [5.74, 6) is 0.0835. The van der Waals surface area contributed by atoms with Crippen LogP contribution in [0.2, 0.25) is 0 Å². The third kappa shape index (κ3) is 7.06. The van der Waals surface area contributed by atoms with Gasteiger partial charge in [0.15, 0.2) is 11.5 Å². The van der Waals surface area contributed by atoms with Gasteiger partial charge in [-0.15, -0.1) is 0 Å². The molecule has 0 aliphatic carbocycles. The van der Waals surface area contributed by atoms with Gasteiger partial charge >= 0.3 is 0 Å². The molecule has 1 atom stereocenters. The molecule has 1 amide bonds. The Kier molecular flexibility index (Phi) is 10.2. The molecule has 44 heavy (non-hydrogen) atoms. The second-order valence-corrected chi connectivity index (χ2v) is 10.9. The Morgan fingerprint density at radius 1 is 0.955 bits per heavy atom. The number of nitrogens with zero attached hydrogens (tertiary/aromatic N) is 2. The van der Waals surface area contributed by atoms with Crippen molar-refractivity contribution >= 4 is 17.4 Å². The van der Waals surface area contributed by atoms with E-state index in [2.05, 4.69) is 11.0 Å². The van der Waals surface area contributed by atoms with Crippen molar-refractivity contribution in [3.8, 4) is 17.2 Å². The number of ether oxygens (including phenoxy) is 4. The summed E-state index contributed by atoms with van der Waals surface area (Å²) in [6.45, 7) is 8.95. The number of ketones is 1. The van der Waals surface area contributed by atoms with Crippen LogP contribution in [0.25, 0.3) is 5.76 Å². The van der Waals surface area contributed by atoms with Crippen LogP contribution in [-0.2, 0) is 20.9 Å². The van der Waals surface area contributed by atoms with E-state index < -0.39 is 17.7 Å². The molecule has 1 N–H and O–H groups in total. The zero-order valence-corrected chi connectivity index (χ0v) is 25.6. The Morgan fingerprint density at radius 2 is 1.73 bits per heavy atom. The Morgan fingerprint density at radius 3 is 2.43 bits per heavy atom. The topological polar surface area (TPSA) is 97.8 Å². The average Bonchev–Trinajstić information content (AvgIpc) is 3.29. The molecule has 0 aromatic heterocycles. The summed E-state index contributed by atoms with van der Waals surface area (Å²) in [6, 6.07) is 19.5. The Balaban J connectivity index is 1.43. The smallest absolute Gasteiger partial charge is 0.295 e. The van der Waals surface area contributed by atoms with Crippen LogP contribution < -0.4 is 14.2 Å². The van der Waals surface area contributed by atoms with Gasteiger partial charge < -0.3 is 29.0 Å². The summed E-state index contributed by atoms with van der Waals surface area (Å²) in [5.41, 5.74) is 3.32. The van der Waals surface area contributed by atoms with Gasteiger partial charge in [0, 0.05) is 31.7 Å². The quantitative estimate of drug-likeness (QED) is 0.174. The molecule has 2 aliphatic heterocycles. The van der Waals surface area contributed by atoms with Crippen molar-refractivity contribution in [2.24, 2.45) is 0 Å². The summed E-state index contributed by atoms with van der Waals surface area (Å²) in [5, 5.41) is 11.5. The second-order valence-electron chi connectivity index (χ2n) is 10.9. The average molecular weight is 601 g/mol. The third-order valence-electron chi connectivity index (χ3n) is 7.94. The minimum absolute atomic E-state index is 0.0426. The molecule has 5 rings (SSSR count). The predicted octanol–water partition coefficient (Wildman–Crippen LogP) is 5.13. The number of amides is 1. The van der Waals surface area contributed by atoms with Gasteiger partial charge in [-0.05, 0) is 67.8 Å². The van der Waals surface area contributed by atoms with Crippen LogP contribution >= 0.6 is 0 Å². The van der Waals surface area contributed by atoms with E-state index in [0.29, 0.717) is 67.8 Å². The highest BCUT2D eigenvalue weighted by Gasteiger charge is 2.46. The summed E-state index contributed by atoms with van der Waals surface area (Å²) in [6.07, 6.45) is 0.671. The highest BCUT2D eigenvalue weighted by Crippen LogP contribution is 2.42. The van der Waals surface area contributed by atoms with E-state index in [1.807, 2.05) is 38.1 Å². The van der Waals surface area contributed by atoms with Crippen LogP contribution in [0.1, 0.15) is 41.6 Å². The number of aryl methyl sites for hydroxylation is 1. The maximum atomic E-state index is 13.5. The summed E-state index contributed by atoms with van der Waals surface area (Å²) in [7, 11) is 1.55. The van der Waals surface area contributed by atoms with Crippen molar-refractivity contribution in [3.05, 3.63) is 94.6 Å². The van der Waals surface area contributed by atoms with Crippen molar-refractivity contribution < 1.29 is 33.6 Å². The number of benzene rings is 3. The Hall–Kier alpha value is -4.34. The van der Waals surface area contributed by atoms with Gasteiger partial charge in [-0.1, -0.05) is 35.9 Å². The number of morpholine rings is 1. The predicted molar refractivity (Wildman–Crippen MR) is 167 cm³/mol. The lowest BCUT2D eigenvalue weighted by molar-refractivity contribution is -0.140. The molecule has 3 aromatic carbocycles. The van der Waals surface area contributed by atoms with Crippen LogP contribution in [0.3, 0.4) is 0 Å². The standard InChI is InChI=1S/C35H40N2O7/c1-4-43-29-14-11-27(22-30(29)41-3)32-31(34(39)35(40)37(32)16-6-15-36-17-19-42-20-18-36)33(38)26-9-12-28(13-10-26)44-23-25-8-5-7-24(2)21-25/h5,7-14,21-22,32,38H,4,6,15-20,23H2,1-3H3/b33-31+. The maximum Gasteiger partial charge on any atom is 0.295 e. The first-order chi connectivity index (χ1) is 21.4. The number of aliphatic hydroxyl groups excluding tert-OH is 1. The van der Waals surface area contributed by atoms with Crippen molar-refractivity contribution in [1.29, 1.82) is 0 Å². The van der Waals surface area contributed by atoms with Gasteiger partial charge in [0.1, 0.15) is 18.1 Å². The zero-order valence-electron chi connectivity index (χ0n) is 25.6. The molecule has 0 spiro atoms. The maximum absolute atomic E-state index is 13.5. The number of Topliss-reactive ketones (excluding diaryl/α,β-unsaturated/α-hetero) is 1. The van der Waals surface area contributed by atoms with Crippen LogP contribution in [0, 0.1) is 6.92 Å². The van der Waals surface area contributed by atoms with Gasteiger partial charge in [0.2, 0.25) is 0 Å². The van der Waals surface area contributed by atoms with Gasteiger partial charge in [-0.2, -0.15) is 0 Å². The molecule has 9 heteroatoms.